The molecule has 1 aliphatic carbocycles. The third-order valence-electron chi connectivity index (χ3n) is 4.93. The van der Waals surface area contributed by atoms with E-state index in [1.54, 1.807) is 0 Å². The fourth-order valence-corrected chi connectivity index (χ4v) is 2.99. The fourth-order valence-electron chi connectivity index (χ4n) is 2.99. The molecule has 0 heterocycles. The van der Waals surface area contributed by atoms with Crippen molar-refractivity contribution in [1.29, 1.82) is 0 Å². The van der Waals surface area contributed by atoms with Crippen molar-refractivity contribution in [3.8, 4) is 16.9 Å². The van der Waals surface area contributed by atoms with Gasteiger partial charge in [0.2, 0.25) is 5.91 Å². The van der Waals surface area contributed by atoms with Crippen molar-refractivity contribution in [3.05, 3.63) is 54.1 Å². The molecule has 138 valence electrons. The number of carbonyl (C=O) groups is 1. The molecule has 3 nitrogen and oxygen atoms in total. The Labute approximate surface area is 156 Å². The highest BCUT2D eigenvalue weighted by molar-refractivity contribution is 5.81. The maximum atomic E-state index is 11.8. The van der Waals surface area contributed by atoms with Gasteiger partial charge in [0, 0.05) is 12.0 Å². The predicted octanol–water partition coefficient (Wildman–Crippen LogP) is 4.99. The van der Waals surface area contributed by atoms with E-state index in [1.807, 2.05) is 12.1 Å². The molecule has 0 aromatic heterocycles. The lowest BCUT2D eigenvalue weighted by molar-refractivity contribution is -0.122. The lowest BCUT2D eigenvalue weighted by atomic mass is 10.0. The van der Waals surface area contributed by atoms with Gasteiger partial charge in [-0.05, 0) is 68.4 Å². The third-order valence-corrected chi connectivity index (χ3v) is 4.93. The van der Waals surface area contributed by atoms with Gasteiger partial charge in [0.05, 0.1) is 6.10 Å². The third kappa shape index (κ3) is 5.10. The van der Waals surface area contributed by atoms with Crippen molar-refractivity contribution in [2.45, 2.75) is 58.6 Å². The molecule has 0 aliphatic heterocycles. The summed E-state index contributed by atoms with van der Waals surface area (Å²) in [6.07, 6.45) is 4.20. The minimum absolute atomic E-state index is 0.172. The number of carbonyl (C=O) groups excluding carboxylic acids is 1. The minimum Gasteiger partial charge on any atom is -0.491 e. The molecule has 0 bridgehead atoms. The van der Waals surface area contributed by atoms with Crippen molar-refractivity contribution in [1.82, 2.24) is 5.32 Å². The van der Waals surface area contributed by atoms with E-state index in [-0.39, 0.29) is 24.0 Å². The van der Waals surface area contributed by atoms with Crippen LogP contribution >= 0.6 is 0 Å². The predicted molar refractivity (Wildman–Crippen MR) is 106 cm³/mol. The van der Waals surface area contributed by atoms with Crippen molar-refractivity contribution in [3.63, 3.8) is 0 Å². The molecule has 1 aliphatic rings. The summed E-state index contributed by atoms with van der Waals surface area (Å²) in [5.74, 6) is 1.40. The Hall–Kier alpha value is -2.29. The van der Waals surface area contributed by atoms with Crippen LogP contribution in [0.4, 0.5) is 0 Å². The van der Waals surface area contributed by atoms with Crippen molar-refractivity contribution in [2.24, 2.45) is 5.92 Å². The van der Waals surface area contributed by atoms with Gasteiger partial charge in [-0.3, -0.25) is 4.79 Å². The zero-order chi connectivity index (χ0) is 18.5. The maximum Gasteiger partial charge on any atom is 0.223 e. The summed E-state index contributed by atoms with van der Waals surface area (Å²) in [5.41, 5.74) is 3.62. The number of hydrogen-bond acceptors (Lipinski definition) is 2. The fraction of sp³-hybridized carbons (Fsp3) is 0.435. The van der Waals surface area contributed by atoms with Gasteiger partial charge in [0.1, 0.15) is 5.75 Å². The highest BCUT2D eigenvalue weighted by atomic mass is 16.5. The first-order valence-corrected chi connectivity index (χ1v) is 9.71. The van der Waals surface area contributed by atoms with Crippen LogP contribution in [0.2, 0.25) is 0 Å². The van der Waals surface area contributed by atoms with Gasteiger partial charge in [-0.15, -0.1) is 0 Å². The van der Waals surface area contributed by atoms with Gasteiger partial charge >= 0.3 is 0 Å². The molecule has 3 rings (SSSR count). The summed E-state index contributed by atoms with van der Waals surface area (Å²) < 4.78 is 5.84. The second kappa shape index (κ2) is 8.39. The minimum atomic E-state index is 0.172. The van der Waals surface area contributed by atoms with Gasteiger partial charge in [0.25, 0.3) is 0 Å². The van der Waals surface area contributed by atoms with E-state index in [4.69, 9.17) is 4.74 Å². The first kappa shape index (κ1) is 18.5. The summed E-state index contributed by atoms with van der Waals surface area (Å²) in [6, 6.07) is 17.0. The summed E-state index contributed by atoms with van der Waals surface area (Å²) in [6.45, 7) is 6.28. The molecular weight excluding hydrogens is 322 g/mol. The maximum absolute atomic E-state index is 11.8. The first-order chi connectivity index (χ1) is 12.5. The van der Waals surface area contributed by atoms with Crippen LogP contribution in [0, 0.1) is 5.92 Å². The van der Waals surface area contributed by atoms with Crippen molar-refractivity contribution >= 4 is 5.91 Å². The number of ether oxygens (including phenoxy) is 1. The van der Waals surface area contributed by atoms with Crippen LogP contribution < -0.4 is 10.1 Å². The standard InChI is InChI=1S/C23H29NO2/c1-4-17(3)26-22-13-11-20(12-14-22)19-7-5-18(6-8-19)15-16(2)24-23(25)21-9-10-21/h5-8,11-14,16-17,21H,4,9-10,15H2,1-3H3,(H,24,25). The molecule has 26 heavy (non-hydrogen) atoms. The lowest BCUT2D eigenvalue weighted by Gasteiger charge is -2.14. The van der Waals surface area contributed by atoms with Crippen LogP contribution in [-0.2, 0) is 11.2 Å². The molecule has 2 aromatic carbocycles. The molecular formula is C23H29NO2. The Kier molecular flexibility index (Phi) is 5.97. The zero-order valence-corrected chi connectivity index (χ0v) is 16.0. The van der Waals surface area contributed by atoms with E-state index in [9.17, 15) is 4.79 Å². The molecule has 2 aromatic rings. The second-order valence-corrected chi connectivity index (χ2v) is 7.45. The topological polar surface area (TPSA) is 38.3 Å². The largest absolute Gasteiger partial charge is 0.491 e. The summed E-state index contributed by atoms with van der Waals surface area (Å²) in [5, 5.41) is 3.11. The Morgan fingerprint density at radius 3 is 2.15 bits per heavy atom. The van der Waals surface area contributed by atoms with Crippen molar-refractivity contribution < 1.29 is 9.53 Å². The monoisotopic (exact) mass is 351 g/mol. The average Bonchev–Trinajstić information content (AvgIpc) is 3.48. The van der Waals surface area contributed by atoms with Crippen LogP contribution in [0.1, 0.15) is 45.6 Å². The second-order valence-electron chi connectivity index (χ2n) is 7.45. The van der Waals surface area contributed by atoms with Gasteiger partial charge in [0.15, 0.2) is 0 Å². The number of benzene rings is 2. The number of hydrogen-bond donors (Lipinski definition) is 1. The van der Waals surface area contributed by atoms with Gasteiger partial charge in [-0.1, -0.05) is 43.3 Å². The molecule has 1 fully saturated rings. The van der Waals surface area contributed by atoms with Crippen LogP contribution in [0.15, 0.2) is 48.5 Å². The lowest BCUT2D eigenvalue weighted by Crippen LogP contribution is -2.35. The quantitative estimate of drug-likeness (QED) is 0.728. The highest BCUT2D eigenvalue weighted by Gasteiger charge is 2.30. The molecule has 3 heteroatoms. The van der Waals surface area contributed by atoms with Gasteiger partial charge in [-0.25, -0.2) is 0 Å². The molecule has 1 N–H and O–H groups in total. The molecule has 0 saturated heterocycles. The summed E-state index contributed by atoms with van der Waals surface area (Å²) in [7, 11) is 0. The Bertz CT molecular complexity index is 717. The Morgan fingerprint density at radius 1 is 1.04 bits per heavy atom. The molecule has 2 unspecified atom stereocenters. The summed E-state index contributed by atoms with van der Waals surface area (Å²) >= 11 is 0. The van der Waals surface area contributed by atoms with E-state index in [0.717, 1.165) is 31.4 Å². The van der Waals surface area contributed by atoms with Gasteiger partial charge < -0.3 is 10.1 Å². The average molecular weight is 351 g/mol. The van der Waals surface area contributed by atoms with Gasteiger partial charge in [-0.2, -0.15) is 0 Å². The van der Waals surface area contributed by atoms with E-state index in [2.05, 4.69) is 62.5 Å². The number of amides is 1. The summed E-state index contributed by atoms with van der Waals surface area (Å²) in [4.78, 5) is 11.8. The van der Waals surface area contributed by atoms with Crippen LogP contribution in [0.3, 0.4) is 0 Å². The zero-order valence-electron chi connectivity index (χ0n) is 16.0. The van der Waals surface area contributed by atoms with Crippen LogP contribution in [-0.4, -0.2) is 18.1 Å². The van der Waals surface area contributed by atoms with Crippen LogP contribution in [0.5, 0.6) is 5.75 Å². The molecule has 0 radical (unpaired) electrons. The molecule has 0 spiro atoms. The normalized spacial score (nSPS) is 16.0. The SMILES string of the molecule is CCC(C)Oc1ccc(-c2ccc(CC(C)NC(=O)C3CC3)cc2)cc1. The Morgan fingerprint density at radius 2 is 1.62 bits per heavy atom. The van der Waals surface area contributed by atoms with Crippen LogP contribution in [0.25, 0.3) is 11.1 Å². The highest BCUT2D eigenvalue weighted by Crippen LogP contribution is 2.29. The van der Waals surface area contributed by atoms with Crippen molar-refractivity contribution in [2.75, 3.05) is 0 Å². The number of nitrogens with one attached hydrogen (secondary N) is 1. The van der Waals surface area contributed by atoms with E-state index in [0.29, 0.717) is 0 Å². The van der Waals surface area contributed by atoms with E-state index < -0.39 is 0 Å². The van der Waals surface area contributed by atoms with E-state index >= 15 is 0 Å². The first-order valence-electron chi connectivity index (χ1n) is 9.71. The molecule has 1 saturated carbocycles. The number of rotatable bonds is 8. The Balaban J connectivity index is 1.57. The smallest absolute Gasteiger partial charge is 0.223 e. The molecule has 2 atom stereocenters. The molecule has 1 amide bonds. The van der Waals surface area contributed by atoms with E-state index in [1.165, 1.54) is 16.7 Å².